The highest BCUT2D eigenvalue weighted by atomic mass is 16.5. The van der Waals surface area contributed by atoms with E-state index in [4.69, 9.17) is 4.52 Å². The molecule has 0 saturated carbocycles. The highest BCUT2D eigenvalue weighted by molar-refractivity contribution is 5.52. The molecule has 1 saturated heterocycles. The van der Waals surface area contributed by atoms with Crippen LogP contribution in [0.15, 0.2) is 4.52 Å². The van der Waals surface area contributed by atoms with Crippen LogP contribution in [-0.2, 0) is 11.2 Å². The van der Waals surface area contributed by atoms with E-state index in [2.05, 4.69) is 28.9 Å². The number of nitrogens with zero attached hydrogens (tertiary/aromatic N) is 3. The fraction of sp³-hybridized carbons (Fsp3) is 0.750. The van der Waals surface area contributed by atoms with Crippen LogP contribution in [0, 0.1) is 0 Å². The van der Waals surface area contributed by atoms with Crippen molar-refractivity contribution in [3.8, 4) is 0 Å². The van der Waals surface area contributed by atoms with Crippen molar-refractivity contribution in [3.63, 3.8) is 0 Å². The van der Waals surface area contributed by atoms with Gasteiger partial charge in [-0.2, -0.15) is 4.98 Å². The first kappa shape index (κ1) is 12.2. The molecule has 1 aromatic heterocycles. The number of piperidine rings is 1. The quantitative estimate of drug-likeness (QED) is 0.741. The Morgan fingerprint density at radius 2 is 2.18 bits per heavy atom. The van der Waals surface area contributed by atoms with E-state index in [0.717, 1.165) is 38.0 Å². The van der Waals surface area contributed by atoms with E-state index in [1.807, 2.05) is 0 Å². The molecule has 1 aliphatic rings. The molecule has 0 radical (unpaired) electrons. The molecule has 17 heavy (non-hydrogen) atoms. The molecule has 0 aliphatic carbocycles. The molecule has 5 heteroatoms. The van der Waals surface area contributed by atoms with Crippen molar-refractivity contribution >= 4 is 6.29 Å². The zero-order valence-corrected chi connectivity index (χ0v) is 10.4. The van der Waals surface area contributed by atoms with Gasteiger partial charge in [0.15, 0.2) is 5.82 Å². The summed E-state index contributed by atoms with van der Waals surface area (Å²) in [7, 11) is 0. The summed E-state index contributed by atoms with van der Waals surface area (Å²) < 4.78 is 5.03. The van der Waals surface area contributed by atoms with E-state index in [1.54, 1.807) is 0 Å². The summed E-state index contributed by atoms with van der Waals surface area (Å²) in [6.07, 6.45) is 3.15. The molecule has 5 nitrogen and oxygen atoms in total. The van der Waals surface area contributed by atoms with Crippen LogP contribution in [-0.4, -0.2) is 40.5 Å². The Hall–Kier alpha value is -1.23. The Morgan fingerprint density at radius 3 is 2.76 bits per heavy atom. The molecule has 0 bridgehead atoms. The van der Waals surface area contributed by atoms with E-state index in [1.165, 1.54) is 0 Å². The number of aromatic nitrogens is 2. The lowest BCUT2D eigenvalue weighted by atomic mass is 9.95. The van der Waals surface area contributed by atoms with Crippen LogP contribution >= 0.6 is 0 Å². The predicted molar refractivity (Wildman–Crippen MR) is 62.8 cm³/mol. The van der Waals surface area contributed by atoms with Gasteiger partial charge in [0, 0.05) is 12.0 Å². The summed E-state index contributed by atoms with van der Waals surface area (Å²) in [4.78, 5) is 17.1. The first-order valence-corrected chi connectivity index (χ1v) is 6.21. The monoisotopic (exact) mass is 237 g/mol. The van der Waals surface area contributed by atoms with E-state index in [0.29, 0.717) is 17.9 Å². The third-order valence-corrected chi connectivity index (χ3v) is 3.37. The van der Waals surface area contributed by atoms with E-state index in [-0.39, 0.29) is 6.42 Å². The molecule has 2 rings (SSSR count). The van der Waals surface area contributed by atoms with Crippen LogP contribution in [0.1, 0.15) is 44.3 Å². The lowest BCUT2D eigenvalue weighted by Gasteiger charge is -2.33. The summed E-state index contributed by atoms with van der Waals surface area (Å²) in [6.45, 7) is 6.60. The molecule has 0 amide bonds. The van der Waals surface area contributed by atoms with Gasteiger partial charge in [0.25, 0.3) is 0 Å². The van der Waals surface area contributed by atoms with Gasteiger partial charge in [0.1, 0.15) is 6.29 Å². The summed E-state index contributed by atoms with van der Waals surface area (Å²) in [5.41, 5.74) is 0. The van der Waals surface area contributed by atoms with Crippen molar-refractivity contribution in [1.82, 2.24) is 15.0 Å². The molecular formula is C12H19N3O2. The van der Waals surface area contributed by atoms with E-state index < -0.39 is 0 Å². The topological polar surface area (TPSA) is 59.2 Å². The second kappa shape index (κ2) is 5.40. The van der Waals surface area contributed by atoms with E-state index >= 15 is 0 Å². The summed E-state index contributed by atoms with van der Waals surface area (Å²) in [6, 6.07) is 0.604. The number of likely N-dealkylation sites (tertiary alicyclic amines) is 1. The Labute approximate surface area is 101 Å². The van der Waals surface area contributed by atoms with Gasteiger partial charge in [-0.1, -0.05) is 5.16 Å². The van der Waals surface area contributed by atoms with Crippen LogP contribution < -0.4 is 0 Å². The number of carbonyl (C=O) groups excluding carboxylic acids is 1. The van der Waals surface area contributed by atoms with Crippen molar-refractivity contribution in [2.75, 3.05) is 13.1 Å². The van der Waals surface area contributed by atoms with Crippen LogP contribution in [0.5, 0.6) is 0 Å². The van der Waals surface area contributed by atoms with Crippen LogP contribution in [0.3, 0.4) is 0 Å². The maximum atomic E-state index is 10.3. The van der Waals surface area contributed by atoms with Gasteiger partial charge in [-0.15, -0.1) is 0 Å². The van der Waals surface area contributed by atoms with Crippen LogP contribution in [0.25, 0.3) is 0 Å². The maximum absolute atomic E-state index is 10.3. The fourth-order valence-corrected chi connectivity index (χ4v) is 2.26. The standard InChI is InChI=1S/C12H19N3O2/c1-9(2)15-6-3-10(4-7-15)12-13-11(5-8-16)17-14-12/h8-10H,3-7H2,1-2H3. The molecule has 0 unspecified atom stereocenters. The summed E-state index contributed by atoms with van der Waals surface area (Å²) in [5.74, 6) is 1.58. The first-order valence-electron chi connectivity index (χ1n) is 6.21. The molecule has 2 heterocycles. The second-order valence-electron chi connectivity index (χ2n) is 4.82. The smallest absolute Gasteiger partial charge is 0.233 e. The lowest BCUT2D eigenvalue weighted by Crippen LogP contribution is -2.38. The van der Waals surface area contributed by atoms with Gasteiger partial charge in [0.2, 0.25) is 5.89 Å². The maximum Gasteiger partial charge on any atom is 0.233 e. The average molecular weight is 237 g/mol. The largest absolute Gasteiger partial charge is 0.339 e. The predicted octanol–water partition coefficient (Wildman–Crippen LogP) is 1.40. The first-order chi connectivity index (χ1) is 8.20. The van der Waals surface area contributed by atoms with Crippen molar-refractivity contribution in [2.45, 2.75) is 45.1 Å². The second-order valence-corrected chi connectivity index (χ2v) is 4.82. The minimum absolute atomic E-state index is 0.220. The minimum Gasteiger partial charge on any atom is -0.339 e. The van der Waals surface area contributed by atoms with Gasteiger partial charge in [-0.05, 0) is 39.8 Å². The summed E-state index contributed by atoms with van der Waals surface area (Å²) in [5, 5.41) is 3.96. The number of aldehydes is 1. The van der Waals surface area contributed by atoms with Crippen molar-refractivity contribution in [1.29, 1.82) is 0 Å². The Kier molecular flexibility index (Phi) is 3.89. The molecule has 94 valence electrons. The SMILES string of the molecule is CC(C)N1CCC(c2noc(CC=O)n2)CC1. The number of hydrogen-bond donors (Lipinski definition) is 0. The lowest BCUT2D eigenvalue weighted by molar-refractivity contribution is -0.107. The van der Waals surface area contributed by atoms with Gasteiger partial charge < -0.3 is 14.2 Å². The number of rotatable bonds is 4. The number of carbonyl (C=O) groups is 1. The van der Waals surface area contributed by atoms with Crippen molar-refractivity contribution in [3.05, 3.63) is 11.7 Å². The van der Waals surface area contributed by atoms with Crippen molar-refractivity contribution in [2.24, 2.45) is 0 Å². The normalized spacial score (nSPS) is 18.8. The van der Waals surface area contributed by atoms with Crippen LogP contribution in [0.4, 0.5) is 0 Å². The zero-order chi connectivity index (χ0) is 12.3. The zero-order valence-electron chi connectivity index (χ0n) is 10.4. The molecule has 0 atom stereocenters. The van der Waals surface area contributed by atoms with E-state index in [9.17, 15) is 4.79 Å². The van der Waals surface area contributed by atoms with Gasteiger partial charge in [0.05, 0.1) is 6.42 Å². The molecule has 1 fully saturated rings. The van der Waals surface area contributed by atoms with Gasteiger partial charge in [-0.3, -0.25) is 0 Å². The summed E-state index contributed by atoms with van der Waals surface area (Å²) >= 11 is 0. The molecule has 0 spiro atoms. The number of hydrogen-bond acceptors (Lipinski definition) is 5. The van der Waals surface area contributed by atoms with Crippen LogP contribution in [0.2, 0.25) is 0 Å². The van der Waals surface area contributed by atoms with Gasteiger partial charge >= 0.3 is 0 Å². The third kappa shape index (κ3) is 2.91. The fourth-order valence-electron chi connectivity index (χ4n) is 2.26. The molecule has 0 aromatic carbocycles. The highest BCUT2D eigenvalue weighted by Crippen LogP contribution is 2.26. The minimum atomic E-state index is 0.220. The third-order valence-electron chi connectivity index (χ3n) is 3.37. The van der Waals surface area contributed by atoms with Gasteiger partial charge in [-0.25, -0.2) is 0 Å². The Balaban J connectivity index is 1.93. The highest BCUT2D eigenvalue weighted by Gasteiger charge is 2.25. The Bertz CT molecular complexity index is 368. The average Bonchev–Trinajstić information content (AvgIpc) is 2.78. The van der Waals surface area contributed by atoms with Crippen molar-refractivity contribution < 1.29 is 9.32 Å². The molecule has 0 N–H and O–H groups in total. The Morgan fingerprint density at radius 1 is 1.47 bits per heavy atom. The molecule has 1 aromatic rings. The molecule has 1 aliphatic heterocycles. The molecular weight excluding hydrogens is 218 g/mol.